The van der Waals surface area contributed by atoms with Crippen LogP contribution in [0.5, 0.6) is 0 Å². The van der Waals surface area contributed by atoms with Crippen LogP contribution < -0.4 is 16.2 Å². The van der Waals surface area contributed by atoms with Crippen LogP contribution in [-0.4, -0.2) is 39.7 Å². The normalized spacial score (nSPS) is 10.3. The van der Waals surface area contributed by atoms with Gasteiger partial charge in [-0.05, 0) is 6.42 Å². The number of rotatable bonds is 8. The first-order valence-corrected chi connectivity index (χ1v) is 5.97. The van der Waals surface area contributed by atoms with E-state index in [1.807, 2.05) is 6.92 Å². The topological polar surface area (TPSA) is 130 Å². The van der Waals surface area contributed by atoms with Gasteiger partial charge in [0.1, 0.15) is 6.33 Å². The summed E-state index contributed by atoms with van der Waals surface area (Å²) < 4.78 is 0. The van der Waals surface area contributed by atoms with Crippen LogP contribution >= 0.6 is 0 Å². The highest BCUT2D eigenvalue weighted by molar-refractivity contribution is 5.69. The van der Waals surface area contributed by atoms with Crippen molar-refractivity contribution in [3.63, 3.8) is 0 Å². The molecule has 0 aliphatic carbocycles. The number of unbranched alkanes of at least 4 members (excludes halogenated alkanes) is 1. The van der Waals surface area contributed by atoms with Crippen molar-refractivity contribution in [3.8, 4) is 0 Å². The summed E-state index contributed by atoms with van der Waals surface area (Å²) in [5.41, 5.74) is 1.91. The van der Waals surface area contributed by atoms with Gasteiger partial charge < -0.3 is 15.4 Å². The third-order valence-electron chi connectivity index (χ3n) is 2.57. The Balaban J connectivity index is 3.16. The monoisotopic (exact) mass is 270 g/mol. The molecule has 9 heteroatoms. The molecule has 0 fully saturated rings. The molecule has 0 atom stereocenters. The minimum absolute atomic E-state index is 0.0468. The number of aliphatic hydroxyl groups excluding tert-OH is 1. The Morgan fingerprint density at radius 3 is 2.79 bits per heavy atom. The van der Waals surface area contributed by atoms with E-state index in [1.165, 1.54) is 6.33 Å². The highest BCUT2D eigenvalue weighted by Gasteiger charge is 2.26. The van der Waals surface area contributed by atoms with Crippen LogP contribution in [0.3, 0.4) is 0 Å². The molecule has 0 saturated carbocycles. The second-order valence-corrected chi connectivity index (χ2v) is 3.86. The van der Waals surface area contributed by atoms with Gasteiger partial charge in [-0.2, -0.15) is 0 Å². The molecular weight excluding hydrogens is 252 g/mol. The van der Waals surface area contributed by atoms with E-state index in [1.54, 1.807) is 4.90 Å². The molecule has 0 aliphatic heterocycles. The zero-order chi connectivity index (χ0) is 14.3. The fourth-order valence-electron chi connectivity index (χ4n) is 1.67. The predicted molar refractivity (Wildman–Crippen MR) is 70.7 cm³/mol. The zero-order valence-corrected chi connectivity index (χ0v) is 10.7. The third kappa shape index (κ3) is 3.73. The van der Waals surface area contributed by atoms with Crippen molar-refractivity contribution in [1.82, 2.24) is 9.97 Å². The number of nitrogens with zero attached hydrogens (tertiary/aromatic N) is 4. The standard InChI is InChI=1S/C10H18N6O3/c1-2-3-4-15(5-6-17)10-8(16(18)19)9(14-11)12-7-13-10/h7,17H,2-6,11H2,1H3,(H,12,13,14). The Hall–Kier alpha value is -2.00. The summed E-state index contributed by atoms with van der Waals surface area (Å²) in [6.07, 6.45) is 2.98. The SMILES string of the molecule is CCCCN(CCO)c1ncnc(NN)c1[N+](=O)[O-]. The summed E-state index contributed by atoms with van der Waals surface area (Å²) in [5.74, 6) is 5.33. The summed E-state index contributed by atoms with van der Waals surface area (Å²) >= 11 is 0. The molecule has 1 heterocycles. The molecule has 1 aromatic rings. The number of hydrogen-bond acceptors (Lipinski definition) is 8. The lowest BCUT2D eigenvalue weighted by atomic mass is 10.3. The number of aliphatic hydroxyl groups is 1. The molecule has 0 saturated heterocycles. The van der Waals surface area contributed by atoms with Gasteiger partial charge in [0, 0.05) is 13.1 Å². The molecule has 0 aromatic carbocycles. The summed E-state index contributed by atoms with van der Waals surface area (Å²) in [4.78, 5) is 19.9. The van der Waals surface area contributed by atoms with Crippen molar-refractivity contribution in [2.75, 3.05) is 30.0 Å². The summed E-state index contributed by atoms with van der Waals surface area (Å²) in [5, 5.41) is 20.2. The van der Waals surface area contributed by atoms with Gasteiger partial charge in [0.05, 0.1) is 11.5 Å². The van der Waals surface area contributed by atoms with Crippen LogP contribution in [0.25, 0.3) is 0 Å². The fraction of sp³-hybridized carbons (Fsp3) is 0.600. The lowest BCUT2D eigenvalue weighted by molar-refractivity contribution is -0.383. The van der Waals surface area contributed by atoms with Crippen molar-refractivity contribution in [2.45, 2.75) is 19.8 Å². The number of nitro groups is 1. The van der Waals surface area contributed by atoms with Crippen LogP contribution in [0.1, 0.15) is 19.8 Å². The second kappa shape index (κ2) is 7.44. The van der Waals surface area contributed by atoms with Crippen molar-refractivity contribution in [1.29, 1.82) is 0 Å². The third-order valence-corrected chi connectivity index (χ3v) is 2.57. The molecule has 0 spiro atoms. The van der Waals surface area contributed by atoms with Gasteiger partial charge >= 0.3 is 5.69 Å². The maximum Gasteiger partial charge on any atom is 0.354 e. The summed E-state index contributed by atoms with van der Waals surface area (Å²) in [6.45, 7) is 2.73. The first kappa shape index (κ1) is 15.1. The smallest absolute Gasteiger partial charge is 0.354 e. The molecule has 0 radical (unpaired) electrons. The van der Waals surface area contributed by atoms with Gasteiger partial charge in [-0.3, -0.25) is 10.1 Å². The van der Waals surface area contributed by atoms with Crippen LogP contribution in [-0.2, 0) is 0 Å². The van der Waals surface area contributed by atoms with E-state index in [0.717, 1.165) is 12.8 Å². The molecule has 0 amide bonds. The lowest BCUT2D eigenvalue weighted by Gasteiger charge is -2.22. The zero-order valence-electron chi connectivity index (χ0n) is 10.7. The van der Waals surface area contributed by atoms with E-state index < -0.39 is 4.92 Å². The Morgan fingerprint density at radius 1 is 1.53 bits per heavy atom. The van der Waals surface area contributed by atoms with Gasteiger partial charge in [-0.25, -0.2) is 15.8 Å². The first-order chi connectivity index (χ1) is 9.15. The Bertz CT molecular complexity index is 428. The Morgan fingerprint density at radius 2 is 2.26 bits per heavy atom. The second-order valence-electron chi connectivity index (χ2n) is 3.86. The van der Waals surface area contributed by atoms with Crippen molar-refractivity contribution < 1.29 is 10.0 Å². The van der Waals surface area contributed by atoms with E-state index in [0.29, 0.717) is 6.54 Å². The highest BCUT2D eigenvalue weighted by atomic mass is 16.6. The van der Waals surface area contributed by atoms with Gasteiger partial charge in [-0.15, -0.1) is 0 Å². The van der Waals surface area contributed by atoms with Gasteiger partial charge in [0.25, 0.3) is 0 Å². The summed E-state index contributed by atoms with van der Waals surface area (Å²) in [7, 11) is 0. The molecule has 0 bridgehead atoms. The number of anilines is 2. The maximum absolute atomic E-state index is 11.1. The average Bonchev–Trinajstić information content (AvgIpc) is 2.42. The number of aromatic nitrogens is 2. The largest absolute Gasteiger partial charge is 0.395 e. The first-order valence-electron chi connectivity index (χ1n) is 5.97. The molecule has 106 valence electrons. The number of nitrogens with two attached hydrogens (primary N) is 1. The van der Waals surface area contributed by atoms with E-state index >= 15 is 0 Å². The molecule has 9 nitrogen and oxygen atoms in total. The van der Waals surface area contributed by atoms with E-state index in [-0.39, 0.29) is 30.5 Å². The van der Waals surface area contributed by atoms with Gasteiger partial charge in [0.2, 0.25) is 11.6 Å². The van der Waals surface area contributed by atoms with Gasteiger partial charge in [-0.1, -0.05) is 13.3 Å². The minimum Gasteiger partial charge on any atom is -0.395 e. The Kier molecular flexibility index (Phi) is 5.90. The van der Waals surface area contributed by atoms with Crippen molar-refractivity contribution >= 4 is 17.3 Å². The molecular formula is C10H18N6O3. The van der Waals surface area contributed by atoms with Gasteiger partial charge in [0.15, 0.2) is 0 Å². The molecule has 1 aromatic heterocycles. The van der Waals surface area contributed by atoms with Crippen LogP contribution in [0.4, 0.5) is 17.3 Å². The average molecular weight is 270 g/mol. The number of hydrazine groups is 1. The number of hydrogen-bond donors (Lipinski definition) is 3. The van der Waals surface area contributed by atoms with E-state index in [2.05, 4.69) is 15.4 Å². The van der Waals surface area contributed by atoms with E-state index in [4.69, 9.17) is 10.9 Å². The molecule has 1 rings (SSSR count). The van der Waals surface area contributed by atoms with Crippen molar-refractivity contribution in [2.24, 2.45) is 5.84 Å². The van der Waals surface area contributed by atoms with Crippen molar-refractivity contribution in [3.05, 3.63) is 16.4 Å². The van der Waals surface area contributed by atoms with Crippen LogP contribution in [0, 0.1) is 10.1 Å². The molecule has 0 aliphatic rings. The van der Waals surface area contributed by atoms with Crippen LogP contribution in [0.15, 0.2) is 6.33 Å². The quantitative estimate of drug-likeness (QED) is 0.348. The fourth-order valence-corrected chi connectivity index (χ4v) is 1.67. The van der Waals surface area contributed by atoms with Crippen LogP contribution in [0.2, 0.25) is 0 Å². The lowest BCUT2D eigenvalue weighted by Crippen LogP contribution is -2.30. The molecule has 4 N–H and O–H groups in total. The number of nitrogen functional groups attached to an aromatic ring is 1. The van der Waals surface area contributed by atoms with E-state index in [9.17, 15) is 10.1 Å². The Labute approximate surface area is 110 Å². The highest BCUT2D eigenvalue weighted by Crippen LogP contribution is 2.31. The maximum atomic E-state index is 11.1. The number of nitrogens with one attached hydrogen (secondary N) is 1. The predicted octanol–water partition coefficient (Wildman–Crippen LogP) is 0.269. The summed E-state index contributed by atoms with van der Waals surface area (Å²) in [6, 6.07) is 0. The molecule has 19 heavy (non-hydrogen) atoms. The molecule has 0 unspecified atom stereocenters. The minimum atomic E-state index is -0.582.